The van der Waals surface area contributed by atoms with Crippen LogP contribution in [0.1, 0.15) is 24.0 Å². The van der Waals surface area contributed by atoms with Gasteiger partial charge in [-0.1, -0.05) is 24.3 Å². The first-order valence-corrected chi connectivity index (χ1v) is 6.84. The highest BCUT2D eigenvalue weighted by molar-refractivity contribution is 5.77. The van der Waals surface area contributed by atoms with E-state index in [1.54, 1.807) is 0 Å². The van der Waals surface area contributed by atoms with E-state index in [9.17, 15) is 4.79 Å². The molecule has 0 unspecified atom stereocenters. The van der Waals surface area contributed by atoms with Gasteiger partial charge in [-0.2, -0.15) is 0 Å². The summed E-state index contributed by atoms with van der Waals surface area (Å²) in [6.07, 6.45) is 2.60. The van der Waals surface area contributed by atoms with Gasteiger partial charge < -0.3 is 10.1 Å². The first-order valence-electron chi connectivity index (χ1n) is 6.84. The van der Waals surface area contributed by atoms with Crippen molar-refractivity contribution in [3.8, 4) is 0 Å². The quantitative estimate of drug-likeness (QED) is 0.845. The molecule has 0 aliphatic carbocycles. The van der Waals surface area contributed by atoms with Crippen molar-refractivity contribution in [2.75, 3.05) is 26.8 Å². The molecule has 0 aromatic heterocycles. The van der Waals surface area contributed by atoms with E-state index < -0.39 is 0 Å². The van der Waals surface area contributed by atoms with Gasteiger partial charge in [-0.25, -0.2) is 0 Å². The number of likely N-dealkylation sites (tertiary alicyclic amines) is 1. The van der Waals surface area contributed by atoms with Crippen molar-refractivity contribution >= 4 is 5.91 Å². The summed E-state index contributed by atoms with van der Waals surface area (Å²) in [4.78, 5) is 13.9. The lowest BCUT2D eigenvalue weighted by Crippen LogP contribution is -2.27. The van der Waals surface area contributed by atoms with E-state index in [1.165, 1.54) is 44.2 Å². The second-order valence-corrected chi connectivity index (χ2v) is 4.96. The standard InChI is InChI=1S/C15H22N2O2/c1-19-12-15(18)16-10-13-6-2-3-7-14(13)11-17-8-4-5-9-17/h2-3,6-7H,4-5,8-12H2,1H3,(H,16,18). The van der Waals surface area contributed by atoms with E-state index in [1.807, 2.05) is 6.07 Å². The van der Waals surface area contributed by atoms with Crippen LogP contribution in [0.2, 0.25) is 0 Å². The fourth-order valence-electron chi connectivity index (χ4n) is 2.44. The molecule has 0 radical (unpaired) electrons. The van der Waals surface area contributed by atoms with Crippen LogP contribution in [0, 0.1) is 0 Å². The summed E-state index contributed by atoms with van der Waals surface area (Å²) < 4.78 is 4.81. The molecule has 4 nitrogen and oxygen atoms in total. The van der Waals surface area contributed by atoms with Gasteiger partial charge in [-0.3, -0.25) is 9.69 Å². The van der Waals surface area contributed by atoms with Gasteiger partial charge in [-0.15, -0.1) is 0 Å². The number of nitrogens with zero attached hydrogens (tertiary/aromatic N) is 1. The topological polar surface area (TPSA) is 41.6 Å². The average molecular weight is 262 g/mol. The maximum Gasteiger partial charge on any atom is 0.246 e. The molecule has 1 aliphatic heterocycles. The molecular weight excluding hydrogens is 240 g/mol. The number of benzene rings is 1. The largest absolute Gasteiger partial charge is 0.375 e. The lowest BCUT2D eigenvalue weighted by molar-refractivity contribution is -0.124. The van der Waals surface area contributed by atoms with Crippen molar-refractivity contribution in [2.24, 2.45) is 0 Å². The van der Waals surface area contributed by atoms with E-state index >= 15 is 0 Å². The number of methoxy groups -OCH3 is 1. The summed E-state index contributed by atoms with van der Waals surface area (Å²) in [6, 6.07) is 8.31. The molecule has 1 N–H and O–H groups in total. The van der Waals surface area contributed by atoms with E-state index in [4.69, 9.17) is 4.74 Å². The fourth-order valence-corrected chi connectivity index (χ4v) is 2.44. The first kappa shape index (κ1) is 14.0. The highest BCUT2D eigenvalue weighted by Gasteiger charge is 2.13. The predicted octanol–water partition coefficient (Wildman–Crippen LogP) is 1.54. The summed E-state index contributed by atoms with van der Waals surface area (Å²) in [5.74, 6) is -0.0709. The first-order chi connectivity index (χ1) is 9.29. The minimum atomic E-state index is -0.0709. The number of carbonyl (C=O) groups is 1. The molecule has 0 bridgehead atoms. The number of carbonyl (C=O) groups excluding carboxylic acids is 1. The van der Waals surface area contributed by atoms with Gasteiger partial charge in [0.05, 0.1) is 0 Å². The number of amides is 1. The lowest BCUT2D eigenvalue weighted by Gasteiger charge is -2.17. The van der Waals surface area contributed by atoms with Crippen molar-refractivity contribution < 1.29 is 9.53 Å². The molecule has 19 heavy (non-hydrogen) atoms. The molecule has 1 amide bonds. The van der Waals surface area contributed by atoms with Crippen molar-refractivity contribution in [1.82, 2.24) is 10.2 Å². The van der Waals surface area contributed by atoms with Crippen molar-refractivity contribution in [2.45, 2.75) is 25.9 Å². The Labute approximate surface area is 114 Å². The second-order valence-electron chi connectivity index (χ2n) is 4.96. The summed E-state index contributed by atoms with van der Waals surface area (Å²) >= 11 is 0. The molecule has 1 aromatic carbocycles. The minimum Gasteiger partial charge on any atom is -0.375 e. The zero-order valence-corrected chi connectivity index (χ0v) is 11.5. The van der Waals surface area contributed by atoms with Gasteiger partial charge in [0.2, 0.25) is 5.91 Å². The van der Waals surface area contributed by atoms with Crippen LogP contribution in [0.4, 0.5) is 0 Å². The summed E-state index contributed by atoms with van der Waals surface area (Å²) in [6.45, 7) is 4.05. The van der Waals surface area contributed by atoms with Crippen LogP contribution >= 0.6 is 0 Å². The third kappa shape index (κ3) is 4.33. The van der Waals surface area contributed by atoms with Crippen LogP contribution in [0.3, 0.4) is 0 Å². The molecule has 1 fully saturated rings. The van der Waals surface area contributed by atoms with Crippen LogP contribution < -0.4 is 5.32 Å². The van der Waals surface area contributed by atoms with Gasteiger partial charge in [0.15, 0.2) is 0 Å². The average Bonchev–Trinajstić information content (AvgIpc) is 2.91. The van der Waals surface area contributed by atoms with Crippen LogP contribution in [0.5, 0.6) is 0 Å². The molecule has 1 aliphatic rings. The van der Waals surface area contributed by atoms with Crippen LogP contribution in [0.15, 0.2) is 24.3 Å². The Hall–Kier alpha value is -1.39. The Morgan fingerprint density at radius 2 is 1.95 bits per heavy atom. The van der Waals surface area contributed by atoms with Crippen LogP contribution in [-0.4, -0.2) is 37.6 Å². The normalized spacial score (nSPS) is 15.6. The van der Waals surface area contributed by atoms with Crippen molar-refractivity contribution in [3.63, 3.8) is 0 Å². The second kappa shape index (κ2) is 7.26. The monoisotopic (exact) mass is 262 g/mol. The Morgan fingerprint density at radius 3 is 2.63 bits per heavy atom. The molecule has 1 saturated heterocycles. The van der Waals surface area contributed by atoms with Gasteiger partial charge in [-0.05, 0) is 37.1 Å². The van der Waals surface area contributed by atoms with E-state index in [0.717, 1.165) is 6.54 Å². The Kier molecular flexibility index (Phi) is 5.36. The number of ether oxygens (including phenoxy) is 1. The molecule has 0 atom stereocenters. The predicted molar refractivity (Wildman–Crippen MR) is 74.7 cm³/mol. The van der Waals surface area contributed by atoms with Gasteiger partial charge in [0.1, 0.15) is 6.61 Å². The maximum absolute atomic E-state index is 11.4. The SMILES string of the molecule is COCC(=O)NCc1ccccc1CN1CCCC1. The number of rotatable bonds is 6. The van der Waals surface area contributed by atoms with Gasteiger partial charge >= 0.3 is 0 Å². The van der Waals surface area contributed by atoms with Gasteiger partial charge in [0, 0.05) is 20.2 Å². The third-order valence-electron chi connectivity index (χ3n) is 3.46. The molecule has 1 heterocycles. The molecule has 0 spiro atoms. The highest BCUT2D eigenvalue weighted by atomic mass is 16.5. The number of hydrogen-bond donors (Lipinski definition) is 1. The zero-order chi connectivity index (χ0) is 13.5. The van der Waals surface area contributed by atoms with E-state index in [0.29, 0.717) is 6.54 Å². The van der Waals surface area contributed by atoms with Gasteiger partial charge in [0.25, 0.3) is 0 Å². The smallest absolute Gasteiger partial charge is 0.246 e. The van der Waals surface area contributed by atoms with Crippen LogP contribution in [0.25, 0.3) is 0 Å². The minimum absolute atomic E-state index is 0.0709. The Balaban J connectivity index is 1.93. The number of nitrogens with one attached hydrogen (secondary N) is 1. The lowest BCUT2D eigenvalue weighted by atomic mass is 10.1. The molecule has 0 saturated carbocycles. The molecule has 104 valence electrons. The molecule has 1 aromatic rings. The molecule has 4 heteroatoms. The number of hydrogen-bond acceptors (Lipinski definition) is 3. The third-order valence-corrected chi connectivity index (χ3v) is 3.46. The summed E-state index contributed by atoms with van der Waals surface area (Å²) in [5, 5.41) is 2.88. The highest BCUT2D eigenvalue weighted by Crippen LogP contribution is 2.15. The van der Waals surface area contributed by atoms with E-state index in [2.05, 4.69) is 28.4 Å². The van der Waals surface area contributed by atoms with Crippen molar-refractivity contribution in [3.05, 3.63) is 35.4 Å². The maximum atomic E-state index is 11.4. The van der Waals surface area contributed by atoms with E-state index in [-0.39, 0.29) is 12.5 Å². The zero-order valence-electron chi connectivity index (χ0n) is 11.5. The fraction of sp³-hybridized carbons (Fsp3) is 0.533. The summed E-state index contributed by atoms with van der Waals surface area (Å²) in [7, 11) is 1.53. The Bertz CT molecular complexity index is 414. The van der Waals surface area contributed by atoms with Crippen LogP contribution in [-0.2, 0) is 22.6 Å². The molecule has 2 rings (SSSR count). The molecular formula is C15H22N2O2. The summed E-state index contributed by atoms with van der Waals surface area (Å²) in [5.41, 5.74) is 2.50. The Morgan fingerprint density at radius 1 is 1.26 bits per heavy atom. The van der Waals surface area contributed by atoms with Crippen molar-refractivity contribution in [1.29, 1.82) is 0 Å².